The van der Waals surface area contributed by atoms with Gasteiger partial charge < -0.3 is 10.4 Å². The summed E-state index contributed by atoms with van der Waals surface area (Å²) < 4.78 is 0.924. The molecule has 21 heavy (non-hydrogen) atoms. The van der Waals surface area contributed by atoms with Crippen LogP contribution in [0, 0.1) is 5.41 Å². The maximum Gasteiger partial charge on any atom is 0.309 e. The first-order valence-electron chi connectivity index (χ1n) is 6.85. The number of hydrogen-bond acceptors (Lipinski definition) is 2. The number of carboxylic acid groups (broad SMARTS) is 1. The molecule has 0 saturated carbocycles. The Morgan fingerprint density at radius 3 is 2.38 bits per heavy atom. The highest BCUT2D eigenvalue weighted by Gasteiger charge is 2.31. The van der Waals surface area contributed by atoms with E-state index in [4.69, 9.17) is 5.11 Å². The second-order valence-electron chi connectivity index (χ2n) is 6.33. The summed E-state index contributed by atoms with van der Waals surface area (Å²) in [4.78, 5) is 23.4. The van der Waals surface area contributed by atoms with E-state index >= 15 is 0 Å². The molecule has 1 amide bonds. The van der Waals surface area contributed by atoms with Crippen molar-refractivity contribution in [3.63, 3.8) is 0 Å². The quantitative estimate of drug-likeness (QED) is 0.822. The maximum atomic E-state index is 12.4. The molecule has 0 atom stereocenters. The van der Waals surface area contributed by atoms with E-state index in [0.29, 0.717) is 13.0 Å². The van der Waals surface area contributed by atoms with Crippen LogP contribution >= 0.6 is 15.9 Å². The topological polar surface area (TPSA) is 66.4 Å². The minimum atomic E-state index is -0.858. The van der Waals surface area contributed by atoms with Crippen molar-refractivity contribution in [2.45, 2.75) is 39.5 Å². The van der Waals surface area contributed by atoms with E-state index in [1.54, 1.807) is 13.8 Å². The van der Waals surface area contributed by atoms with Crippen molar-refractivity contribution in [1.29, 1.82) is 0 Å². The first-order chi connectivity index (χ1) is 9.57. The highest BCUT2D eigenvalue weighted by atomic mass is 79.9. The molecular weight excluding hydrogens is 334 g/mol. The van der Waals surface area contributed by atoms with Crippen molar-refractivity contribution >= 4 is 27.8 Å². The fraction of sp³-hybridized carbons (Fsp3) is 0.500. The van der Waals surface area contributed by atoms with Gasteiger partial charge >= 0.3 is 5.97 Å². The zero-order valence-corrected chi connectivity index (χ0v) is 14.5. The van der Waals surface area contributed by atoms with Gasteiger partial charge in [0.05, 0.1) is 10.8 Å². The second kappa shape index (κ2) is 6.60. The maximum absolute atomic E-state index is 12.4. The van der Waals surface area contributed by atoms with Crippen LogP contribution in [0.4, 0.5) is 0 Å². The molecule has 1 aromatic carbocycles. The van der Waals surface area contributed by atoms with Gasteiger partial charge in [-0.05, 0) is 51.8 Å². The molecule has 5 heteroatoms. The van der Waals surface area contributed by atoms with E-state index < -0.39 is 16.8 Å². The third-order valence-corrected chi connectivity index (χ3v) is 4.22. The van der Waals surface area contributed by atoms with Crippen LogP contribution in [0.1, 0.15) is 39.7 Å². The van der Waals surface area contributed by atoms with Gasteiger partial charge in [-0.3, -0.25) is 9.59 Å². The number of aliphatic carboxylic acids is 1. The largest absolute Gasteiger partial charge is 0.481 e. The standard InChI is InChI=1S/C16H22BrNO3/c1-15(2,14(20)21)8-9-18-13(19)16(3,4)11-6-5-7-12(17)10-11/h5-7,10H,8-9H2,1-4H3,(H,18,19)(H,20,21). The molecule has 0 saturated heterocycles. The van der Waals surface area contributed by atoms with E-state index in [2.05, 4.69) is 21.2 Å². The molecule has 0 spiro atoms. The lowest BCUT2D eigenvalue weighted by Crippen LogP contribution is -2.42. The normalized spacial score (nSPS) is 12.0. The van der Waals surface area contributed by atoms with Gasteiger partial charge in [0.1, 0.15) is 0 Å². The van der Waals surface area contributed by atoms with Gasteiger partial charge in [0.25, 0.3) is 0 Å². The van der Waals surface area contributed by atoms with Crippen LogP contribution in [-0.2, 0) is 15.0 Å². The number of carboxylic acids is 1. The highest BCUT2D eigenvalue weighted by molar-refractivity contribution is 9.10. The molecular formula is C16H22BrNO3. The smallest absolute Gasteiger partial charge is 0.309 e. The summed E-state index contributed by atoms with van der Waals surface area (Å²) in [7, 11) is 0. The summed E-state index contributed by atoms with van der Waals surface area (Å²) in [6, 6.07) is 7.63. The molecule has 0 radical (unpaired) electrons. The number of carbonyl (C=O) groups is 2. The van der Waals surface area contributed by atoms with Crippen molar-refractivity contribution in [1.82, 2.24) is 5.32 Å². The predicted octanol–water partition coefficient (Wildman–Crippen LogP) is 3.34. The van der Waals surface area contributed by atoms with Crippen molar-refractivity contribution in [3.8, 4) is 0 Å². The number of amides is 1. The summed E-state index contributed by atoms with van der Waals surface area (Å²) in [6.45, 7) is 7.36. The molecule has 0 aliphatic rings. The lowest BCUT2D eigenvalue weighted by Gasteiger charge is -2.26. The summed E-state index contributed by atoms with van der Waals surface area (Å²) in [5.74, 6) is -0.968. The number of nitrogens with one attached hydrogen (secondary N) is 1. The number of benzene rings is 1. The third-order valence-electron chi connectivity index (χ3n) is 3.73. The first-order valence-corrected chi connectivity index (χ1v) is 7.64. The van der Waals surface area contributed by atoms with Crippen LogP contribution in [0.2, 0.25) is 0 Å². The minimum Gasteiger partial charge on any atom is -0.481 e. The van der Waals surface area contributed by atoms with Crippen LogP contribution in [0.3, 0.4) is 0 Å². The average Bonchev–Trinajstić information content (AvgIpc) is 2.38. The molecule has 0 aliphatic heterocycles. The molecule has 0 unspecified atom stereocenters. The SMILES string of the molecule is CC(C)(CCNC(=O)C(C)(C)c1cccc(Br)c1)C(=O)O. The Balaban J connectivity index is 2.69. The van der Waals surface area contributed by atoms with Gasteiger partial charge in [-0.1, -0.05) is 28.1 Å². The monoisotopic (exact) mass is 355 g/mol. The van der Waals surface area contributed by atoms with Crippen LogP contribution in [0.15, 0.2) is 28.7 Å². The Hall–Kier alpha value is -1.36. The third kappa shape index (κ3) is 4.56. The zero-order valence-electron chi connectivity index (χ0n) is 12.9. The van der Waals surface area contributed by atoms with Gasteiger partial charge in [-0.2, -0.15) is 0 Å². The van der Waals surface area contributed by atoms with Crippen molar-refractivity contribution < 1.29 is 14.7 Å². The molecule has 0 aliphatic carbocycles. The van der Waals surface area contributed by atoms with Crippen LogP contribution in [0.5, 0.6) is 0 Å². The number of hydrogen-bond donors (Lipinski definition) is 2. The van der Waals surface area contributed by atoms with Crippen LogP contribution < -0.4 is 5.32 Å². The van der Waals surface area contributed by atoms with E-state index in [0.717, 1.165) is 10.0 Å². The Morgan fingerprint density at radius 2 is 1.86 bits per heavy atom. The molecule has 1 rings (SSSR count). The van der Waals surface area contributed by atoms with E-state index in [1.165, 1.54) is 0 Å². The van der Waals surface area contributed by atoms with Gasteiger partial charge in [0.2, 0.25) is 5.91 Å². The molecule has 1 aromatic rings. The fourth-order valence-corrected chi connectivity index (χ4v) is 2.22. The van der Waals surface area contributed by atoms with Crippen LogP contribution in [-0.4, -0.2) is 23.5 Å². The zero-order chi connectivity index (χ0) is 16.3. The van der Waals surface area contributed by atoms with E-state index in [-0.39, 0.29) is 5.91 Å². The van der Waals surface area contributed by atoms with E-state index in [1.807, 2.05) is 38.1 Å². The summed E-state index contributed by atoms with van der Waals surface area (Å²) >= 11 is 3.40. The minimum absolute atomic E-state index is 0.109. The van der Waals surface area contributed by atoms with Gasteiger partial charge in [0.15, 0.2) is 0 Å². The Bertz CT molecular complexity index is 538. The summed E-state index contributed by atoms with van der Waals surface area (Å²) in [5.41, 5.74) is -0.600. The lowest BCUT2D eigenvalue weighted by atomic mass is 9.83. The Kier molecular flexibility index (Phi) is 5.56. The van der Waals surface area contributed by atoms with Crippen molar-refractivity contribution in [2.75, 3.05) is 6.54 Å². The van der Waals surface area contributed by atoms with Gasteiger partial charge in [0, 0.05) is 11.0 Å². The highest BCUT2D eigenvalue weighted by Crippen LogP contribution is 2.26. The van der Waals surface area contributed by atoms with E-state index in [9.17, 15) is 9.59 Å². The number of halogens is 1. The van der Waals surface area contributed by atoms with Crippen molar-refractivity contribution in [3.05, 3.63) is 34.3 Å². The molecule has 0 aromatic heterocycles. The summed E-state index contributed by atoms with van der Waals surface area (Å²) in [6.07, 6.45) is 0.392. The Morgan fingerprint density at radius 1 is 1.24 bits per heavy atom. The molecule has 4 nitrogen and oxygen atoms in total. The van der Waals surface area contributed by atoms with Crippen molar-refractivity contribution in [2.24, 2.45) is 5.41 Å². The van der Waals surface area contributed by atoms with Gasteiger partial charge in [-0.15, -0.1) is 0 Å². The van der Waals surface area contributed by atoms with Crippen LogP contribution in [0.25, 0.3) is 0 Å². The average molecular weight is 356 g/mol. The fourth-order valence-electron chi connectivity index (χ4n) is 1.82. The van der Waals surface area contributed by atoms with Gasteiger partial charge in [-0.25, -0.2) is 0 Å². The molecule has 0 heterocycles. The number of carbonyl (C=O) groups excluding carboxylic acids is 1. The molecule has 116 valence electrons. The molecule has 0 fully saturated rings. The molecule has 2 N–H and O–H groups in total. The number of rotatable bonds is 6. The second-order valence-corrected chi connectivity index (χ2v) is 7.25. The molecule has 0 bridgehead atoms. The Labute approximate surface area is 134 Å². The first kappa shape index (κ1) is 17.7. The predicted molar refractivity (Wildman–Crippen MR) is 86.2 cm³/mol. The lowest BCUT2D eigenvalue weighted by molar-refractivity contribution is -0.147. The summed E-state index contributed by atoms with van der Waals surface area (Å²) in [5, 5.41) is 11.9.